The maximum Gasteiger partial charge on any atom is 0.407 e. The average molecular weight is 400 g/mol. The van der Waals surface area contributed by atoms with Crippen LogP contribution in [-0.4, -0.2) is 56.4 Å². The number of nitrogens with one attached hydrogen (secondary N) is 1. The zero-order chi connectivity index (χ0) is 20.0. The highest BCUT2D eigenvalue weighted by Gasteiger charge is 2.42. The molecule has 8 nitrogen and oxygen atoms in total. The molecule has 1 saturated heterocycles. The highest BCUT2D eigenvalue weighted by Crippen LogP contribution is 2.45. The van der Waals surface area contributed by atoms with E-state index in [9.17, 15) is 22.4 Å². The summed E-state index contributed by atoms with van der Waals surface area (Å²) in [5.41, 5.74) is -0.0446. The summed E-state index contributed by atoms with van der Waals surface area (Å²) in [5.74, 6) is -1.45. The number of carboxylic acid groups (broad SMARTS) is 1. The molecule has 0 radical (unpaired) electrons. The molecule has 27 heavy (non-hydrogen) atoms. The van der Waals surface area contributed by atoms with Crippen molar-refractivity contribution in [1.82, 2.24) is 9.62 Å². The number of halogens is 1. The van der Waals surface area contributed by atoms with E-state index in [1.54, 1.807) is 4.72 Å². The van der Waals surface area contributed by atoms with E-state index in [-0.39, 0.29) is 23.5 Å². The molecule has 0 aromatic heterocycles. The summed E-state index contributed by atoms with van der Waals surface area (Å²) >= 11 is 0. The largest absolute Gasteiger partial charge is 0.492 e. The summed E-state index contributed by atoms with van der Waals surface area (Å²) in [6.07, 6.45) is 1.58. The van der Waals surface area contributed by atoms with Gasteiger partial charge >= 0.3 is 6.09 Å². The van der Waals surface area contributed by atoms with Crippen molar-refractivity contribution in [3.05, 3.63) is 29.1 Å². The molecule has 1 aromatic carbocycles. The molecule has 2 aliphatic rings. The number of nitrogens with zero attached hydrogens (tertiary/aromatic N) is 1. The van der Waals surface area contributed by atoms with Crippen LogP contribution in [0.15, 0.2) is 12.1 Å². The highest BCUT2D eigenvalue weighted by atomic mass is 32.2. The van der Waals surface area contributed by atoms with Crippen molar-refractivity contribution < 1.29 is 32.2 Å². The van der Waals surface area contributed by atoms with Crippen molar-refractivity contribution in [2.45, 2.75) is 25.7 Å². The van der Waals surface area contributed by atoms with Gasteiger partial charge in [-0.25, -0.2) is 22.3 Å². The van der Waals surface area contributed by atoms with Gasteiger partial charge in [-0.2, -0.15) is 0 Å². The summed E-state index contributed by atoms with van der Waals surface area (Å²) in [6.45, 7) is 2.76. The van der Waals surface area contributed by atoms with E-state index in [0.29, 0.717) is 24.4 Å². The molecular weight excluding hydrogens is 379 g/mol. The van der Waals surface area contributed by atoms with Crippen LogP contribution in [-0.2, 0) is 10.0 Å². The standard InChI is InChI=1S/C17H21FN2O6S/c1-17(7-20(8-17)16(22)23)9-26-14-6-13(18)12(5-11(14)10-3-4-10)15(21)19-27(2,24)25/h5-6,10H,3-4,7-9H2,1-2H3,(H,19,21)(H,22,23). The number of benzene rings is 1. The monoisotopic (exact) mass is 400 g/mol. The van der Waals surface area contributed by atoms with Gasteiger partial charge in [-0.3, -0.25) is 4.79 Å². The fourth-order valence-corrected chi connectivity index (χ4v) is 3.61. The predicted molar refractivity (Wildman–Crippen MR) is 93.9 cm³/mol. The van der Waals surface area contributed by atoms with Crippen LogP contribution in [0.1, 0.15) is 41.6 Å². The molecule has 2 fully saturated rings. The van der Waals surface area contributed by atoms with E-state index in [1.807, 2.05) is 6.92 Å². The van der Waals surface area contributed by atoms with Crippen LogP contribution < -0.4 is 9.46 Å². The first-order valence-corrected chi connectivity index (χ1v) is 10.3. The van der Waals surface area contributed by atoms with Gasteiger partial charge in [0.15, 0.2) is 0 Å². The lowest BCUT2D eigenvalue weighted by Gasteiger charge is -2.46. The number of carbonyl (C=O) groups is 2. The third-order valence-electron chi connectivity index (χ3n) is 4.63. The quantitative estimate of drug-likeness (QED) is 0.753. The molecule has 3 rings (SSSR count). The van der Waals surface area contributed by atoms with Crippen LogP contribution in [0.2, 0.25) is 0 Å². The second-order valence-electron chi connectivity index (χ2n) is 7.59. The Morgan fingerprint density at radius 1 is 1.37 bits per heavy atom. The first kappa shape index (κ1) is 19.4. The van der Waals surface area contributed by atoms with Gasteiger partial charge in [0.1, 0.15) is 11.6 Å². The lowest BCUT2D eigenvalue weighted by atomic mass is 9.83. The predicted octanol–water partition coefficient (Wildman–Crippen LogP) is 1.77. The number of ether oxygens (including phenoxy) is 1. The summed E-state index contributed by atoms with van der Waals surface area (Å²) in [7, 11) is -3.80. The number of carbonyl (C=O) groups excluding carboxylic acids is 1. The van der Waals surface area contributed by atoms with E-state index in [0.717, 1.165) is 25.2 Å². The van der Waals surface area contributed by atoms with Crippen LogP contribution in [0.5, 0.6) is 5.75 Å². The molecule has 0 spiro atoms. The molecule has 1 heterocycles. The molecule has 148 valence electrons. The van der Waals surface area contributed by atoms with Gasteiger partial charge in [-0.05, 0) is 30.4 Å². The average Bonchev–Trinajstić information content (AvgIpc) is 3.32. The fraction of sp³-hybridized carbons (Fsp3) is 0.529. The second-order valence-corrected chi connectivity index (χ2v) is 9.33. The van der Waals surface area contributed by atoms with Gasteiger partial charge in [-0.15, -0.1) is 0 Å². The van der Waals surface area contributed by atoms with Crippen LogP contribution in [0, 0.1) is 11.2 Å². The Morgan fingerprint density at radius 3 is 2.52 bits per heavy atom. The lowest BCUT2D eigenvalue weighted by molar-refractivity contribution is -0.00819. The number of amides is 2. The Hall–Kier alpha value is -2.36. The summed E-state index contributed by atoms with van der Waals surface area (Å²) in [6, 6.07) is 2.44. The van der Waals surface area contributed by atoms with Gasteiger partial charge in [0.25, 0.3) is 5.91 Å². The molecule has 0 unspecified atom stereocenters. The lowest BCUT2D eigenvalue weighted by Crippen LogP contribution is -2.59. The minimum absolute atomic E-state index is 0.134. The molecule has 0 bridgehead atoms. The normalized spacial score (nSPS) is 18.6. The van der Waals surface area contributed by atoms with Gasteiger partial charge in [0.05, 0.1) is 18.4 Å². The number of hydrogen-bond acceptors (Lipinski definition) is 5. The van der Waals surface area contributed by atoms with Gasteiger partial charge in [0.2, 0.25) is 10.0 Å². The maximum atomic E-state index is 14.4. The van der Waals surface area contributed by atoms with E-state index in [2.05, 4.69) is 0 Å². The van der Waals surface area contributed by atoms with Crippen LogP contribution in [0.3, 0.4) is 0 Å². The SMILES string of the molecule is CC1(COc2cc(F)c(C(=O)NS(C)(=O)=O)cc2C2CC2)CN(C(=O)O)C1. The van der Waals surface area contributed by atoms with E-state index in [1.165, 1.54) is 11.0 Å². The Kier molecular flexibility index (Phi) is 4.79. The van der Waals surface area contributed by atoms with Gasteiger partial charge in [0, 0.05) is 24.6 Å². The number of hydrogen-bond donors (Lipinski definition) is 2. The Labute approximate surface area is 156 Å². The molecular formula is C17H21FN2O6S. The van der Waals surface area contributed by atoms with Crippen molar-refractivity contribution in [3.63, 3.8) is 0 Å². The number of sulfonamides is 1. The molecule has 1 saturated carbocycles. The molecule has 10 heteroatoms. The van der Waals surface area contributed by atoms with E-state index in [4.69, 9.17) is 9.84 Å². The molecule has 2 N–H and O–H groups in total. The van der Waals surface area contributed by atoms with Crippen molar-refractivity contribution in [2.75, 3.05) is 26.0 Å². The summed E-state index contributed by atoms with van der Waals surface area (Å²) in [5, 5.41) is 8.93. The minimum atomic E-state index is -3.80. The molecule has 1 aliphatic carbocycles. The number of likely N-dealkylation sites (tertiary alicyclic amines) is 1. The molecule has 2 amide bonds. The third kappa shape index (κ3) is 4.49. The summed E-state index contributed by atoms with van der Waals surface area (Å²) in [4.78, 5) is 24.2. The summed E-state index contributed by atoms with van der Waals surface area (Å²) < 4.78 is 44.4. The highest BCUT2D eigenvalue weighted by molar-refractivity contribution is 7.89. The fourth-order valence-electron chi connectivity index (χ4n) is 3.16. The van der Waals surface area contributed by atoms with Crippen LogP contribution >= 0.6 is 0 Å². The Morgan fingerprint density at radius 2 is 2.00 bits per heavy atom. The first-order chi connectivity index (χ1) is 12.5. The van der Waals surface area contributed by atoms with E-state index < -0.39 is 27.8 Å². The smallest absolute Gasteiger partial charge is 0.407 e. The molecule has 1 aromatic rings. The van der Waals surface area contributed by atoms with Crippen LogP contribution in [0.4, 0.5) is 9.18 Å². The van der Waals surface area contributed by atoms with Crippen molar-refractivity contribution in [3.8, 4) is 5.75 Å². The third-order valence-corrected chi connectivity index (χ3v) is 5.19. The van der Waals surface area contributed by atoms with E-state index >= 15 is 0 Å². The second kappa shape index (κ2) is 6.66. The Balaban J connectivity index is 1.77. The van der Waals surface area contributed by atoms with Gasteiger partial charge < -0.3 is 14.7 Å². The van der Waals surface area contributed by atoms with Gasteiger partial charge in [-0.1, -0.05) is 6.92 Å². The number of rotatable bonds is 6. The first-order valence-electron chi connectivity index (χ1n) is 8.44. The van der Waals surface area contributed by atoms with Crippen molar-refractivity contribution >= 4 is 22.0 Å². The zero-order valence-electron chi connectivity index (χ0n) is 15.0. The zero-order valence-corrected chi connectivity index (χ0v) is 15.8. The van der Waals surface area contributed by atoms with Crippen LogP contribution in [0.25, 0.3) is 0 Å². The molecule has 0 atom stereocenters. The Bertz CT molecular complexity index is 891. The molecule has 1 aliphatic heterocycles. The minimum Gasteiger partial charge on any atom is -0.492 e. The topological polar surface area (TPSA) is 113 Å². The van der Waals surface area contributed by atoms with Crippen molar-refractivity contribution in [2.24, 2.45) is 5.41 Å². The maximum absolute atomic E-state index is 14.4. The van der Waals surface area contributed by atoms with Crippen molar-refractivity contribution in [1.29, 1.82) is 0 Å².